The number of ether oxygens (including phenoxy) is 3. The number of amides is 1. The first-order valence-electron chi connectivity index (χ1n) is 10.4. The van der Waals surface area contributed by atoms with Crippen LogP contribution in [-0.2, 0) is 20.4 Å². The molecule has 1 saturated heterocycles. The van der Waals surface area contributed by atoms with E-state index in [4.69, 9.17) is 9.47 Å². The van der Waals surface area contributed by atoms with E-state index in [9.17, 15) is 35.9 Å². The van der Waals surface area contributed by atoms with Gasteiger partial charge in [0.2, 0.25) is 5.88 Å². The summed E-state index contributed by atoms with van der Waals surface area (Å²) in [7, 11) is 2.12. The molecule has 0 aliphatic carbocycles. The summed E-state index contributed by atoms with van der Waals surface area (Å²) in [6, 6.07) is 3.93. The average Bonchev–Trinajstić information content (AvgIpc) is 3.09. The van der Waals surface area contributed by atoms with Gasteiger partial charge in [-0.1, -0.05) is 13.0 Å². The topological polar surface area (TPSA) is 99.6 Å². The molecule has 1 fully saturated rings. The first-order valence-corrected chi connectivity index (χ1v) is 10.4. The maximum atomic E-state index is 14.0. The third-order valence-corrected chi connectivity index (χ3v) is 6.08. The molecule has 1 N–H and O–H groups in total. The van der Waals surface area contributed by atoms with E-state index in [1.807, 2.05) is 0 Å². The molecule has 8 nitrogen and oxygen atoms in total. The molecule has 4 atom stereocenters. The van der Waals surface area contributed by atoms with Gasteiger partial charge in [-0.05, 0) is 25.1 Å². The van der Waals surface area contributed by atoms with Gasteiger partial charge in [0.05, 0.1) is 14.2 Å². The Hall–Kier alpha value is -3.42. The highest BCUT2D eigenvalue weighted by Gasteiger charge is 2.66. The molecular weight excluding hydrogens is 500 g/mol. The second-order valence-corrected chi connectivity index (χ2v) is 8.16. The zero-order chi connectivity index (χ0) is 27.1. The fraction of sp³-hybridized carbons (Fsp3) is 0.455. The molecular formula is C22H21F6N3O5. The first-order chi connectivity index (χ1) is 16.6. The summed E-state index contributed by atoms with van der Waals surface area (Å²) >= 11 is 0. The molecule has 2 aromatic heterocycles. The lowest BCUT2D eigenvalue weighted by molar-refractivity contribution is -0.272. The summed E-state index contributed by atoms with van der Waals surface area (Å²) in [5.74, 6) is -5.29. The van der Waals surface area contributed by atoms with Gasteiger partial charge in [0.15, 0.2) is 5.60 Å². The minimum Gasteiger partial charge on any atom is -0.481 e. The molecule has 0 aromatic carbocycles. The van der Waals surface area contributed by atoms with E-state index in [0.29, 0.717) is 6.07 Å². The van der Waals surface area contributed by atoms with Crippen LogP contribution < -0.4 is 10.1 Å². The Morgan fingerprint density at radius 2 is 1.78 bits per heavy atom. The van der Waals surface area contributed by atoms with Crippen molar-refractivity contribution in [2.75, 3.05) is 19.5 Å². The van der Waals surface area contributed by atoms with Gasteiger partial charge >= 0.3 is 18.3 Å². The monoisotopic (exact) mass is 521 g/mol. The summed E-state index contributed by atoms with van der Waals surface area (Å²) in [6.45, 7) is 1.92. The first kappa shape index (κ1) is 27.2. The van der Waals surface area contributed by atoms with Crippen molar-refractivity contribution in [1.82, 2.24) is 9.97 Å². The van der Waals surface area contributed by atoms with Gasteiger partial charge in [-0.25, -0.2) is 14.8 Å². The van der Waals surface area contributed by atoms with Crippen LogP contribution >= 0.6 is 0 Å². The van der Waals surface area contributed by atoms with Crippen molar-refractivity contribution >= 4 is 17.6 Å². The molecule has 0 bridgehead atoms. The third-order valence-electron chi connectivity index (χ3n) is 6.08. The van der Waals surface area contributed by atoms with Crippen LogP contribution in [0.1, 0.15) is 41.5 Å². The van der Waals surface area contributed by atoms with Gasteiger partial charge in [0.1, 0.15) is 17.5 Å². The fourth-order valence-corrected chi connectivity index (χ4v) is 3.99. The number of rotatable bonds is 5. The fourth-order valence-electron chi connectivity index (χ4n) is 3.99. The molecule has 3 heterocycles. The zero-order valence-electron chi connectivity index (χ0n) is 19.3. The second kappa shape index (κ2) is 9.56. The number of methoxy groups -OCH3 is 2. The Balaban J connectivity index is 2.06. The van der Waals surface area contributed by atoms with Gasteiger partial charge < -0.3 is 19.5 Å². The average molecular weight is 521 g/mol. The Morgan fingerprint density at radius 1 is 1.11 bits per heavy atom. The van der Waals surface area contributed by atoms with E-state index in [1.165, 1.54) is 19.2 Å². The number of halogens is 6. The maximum absolute atomic E-state index is 14.0. The van der Waals surface area contributed by atoms with E-state index in [-0.39, 0.29) is 16.9 Å². The molecule has 0 saturated carbocycles. The smallest absolute Gasteiger partial charge is 0.433 e. The molecule has 1 aliphatic rings. The molecule has 1 aliphatic heterocycles. The van der Waals surface area contributed by atoms with Crippen LogP contribution in [0.2, 0.25) is 0 Å². The van der Waals surface area contributed by atoms with Crippen LogP contribution in [0.15, 0.2) is 30.5 Å². The number of hydrogen-bond donors (Lipinski definition) is 1. The van der Waals surface area contributed by atoms with Crippen LogP contribution in [0.4, 0.5) is 32.0 Å². The van der Waals surface area contributed by atoms with Gasteiger partial charge in [-0.15, -0.1) is 0 Å². The molecule has 14 heteroatoms. The molecule has 4 unspecified atom stereocenters. The quantitative estimate of drug-likeness (QED) is 0.461. The molecule has 1 amide bonds. The highest BCUT2D eigenvalue weighted by molar-refractivity contribution is 5.96. The maximum Gasteiger partial charge on any atom is 0.433 e. The van der Waals surface area contributed by atoms with Gasteiger partial charge in [0.25, 0.3) is 5.91 Å². The highest BCUT2D eigenvalue weighted by Crippen LogP contribution is 2.54. The Kier molecular flexibility index (Phi) is 7.22. The summed E-state index contributed by atoms with van der Waals surface area (Å²) < 4.78 is 96.2. The normalized spacial score (nSPS) is 24.3. The Bertz CT molecular complexity index is 1160. The number of carbonyl (C=O) groups excluding carboxylic acids is 2. The van der Waals surface area contributed by atoms with Gasteiger partial charge in [-0.2, -0.15) is 26.3 Å². The van der Waals surface area contributed by atoms with E-state index >= 15 is 0 Å². The van der Waals surface area contributed by atoms with Crippen molar-refractivity contribution in [3.63, 3.8) is 0 Å². The summed E-state index contributed by atoms with van der Waals surface area (Å²) in [5, 5.41) is 2.37. The summed E-state index contributed by atoms with van der Waals surface area (Å²) in [4.78, 5) is 32.0. The standard InChI is InChI=1S/C22H21F6N3O5/c1-10-15(12-5-6-14(21(23,24)25)31-18(12)34-3)16(36-20(10,2)22(26,27)28)17(32)30-11-7-8-29-13(9-11)19(33)35-4/h5-10,15-16H,1-4H3,(H,29,30,32). The number of pyridine rings is 2. The predicted octanol–water partition coefficient (Wildman–Crippen LogP) is 4.37. The van der Waals surface area contributed by atoms with E-state index in [0.717, 1.165) is 33.3 Å². The van der Waals surface area contributed by atoms with Crippen molar-refractivity contribution in [3.8, 4) is 5.88 Å². The minimum absolute atomic E-state index is 0.00326. The van der Waals surface area contributed by atoms with Crippen LogP contribution in [0.3, 0.4) is 0 Å². The van der Waals surface area contributed by atoms with E-state index in [1.54, 1.807) is 0 Å². The van der Waals surface area contributed by atoms with Crippen molar-refractivity contribution in [2.45, 2.75) is 43.8 Å². The Morgan fingerprint density at radius 3 is 2.33 bits per heavy atom. The van der Waals surface area contributed by atoms with E-state index < -0.39 is 59.3 Å². The molecule has 3 rings (SSSR count). The van der Waals surface area contributed by atoms with Crippen molar-refractivity contribution in [1.29, 1.82) is 0 Å². The second-order valence-electron chi connectivity index (χ2n) is 8.16. The van der Waals surface area contributed by atoms with Crippen LogP contribution in [0.25, 0.3) is 0 Å². The lowest BCUT2D eigenvalue weighted by Crippen LogP contribution is -2.47. The lowest BCUT2D eigenvalue weighted by atomic mass is 9.77. The SMILES string of the molecule is COC(=O)c1cc(NC(=O)C2OC(C)(C(F)(F)F)C(C)C2c2ccc(C(F)(F)F)nc2OC)ccn1. The summed E-state index contributed by atoms with van der Waals surface area (Å²) in [5.41, 5.74) is -4.50. The largest absolute Gasteiger partial charge is 0.481 e. The number of nitrogens with one attached hydrogen (secondary N) is 1. The van der Waals surface area contributed by atoms with E-state index in [2.05, 4.69) is 20.0 Å². The number of carbonyl (C=O) groups is 2. The summed E-state index contributed by atoms with van der Waals surface area (Å²) in [6.07, 6.45) is -10.4. The number of hydrogen-bond acceptors (Lipinski definition) is 7. The van der Waals surface area contributed by atoms with Crippen LogP contribution in [-0.4, -0.2) is 53.9 Å². The lowest BCUT2D eigenvalue weighted by Gasteiger charge is -2.31. The number of alkyl halides is 6. The van der Waals surface area contributed by atoms with Crippen LogP contribution in [0, 0.1) is 5.92 Å². The number of nitrogens with zero attached hydrogens (tertiary/aromatic N) is 2. The third kappa shape index (κ3) is 4.94. The van der Waals surface area contributed by atoms with Gasteiger partial charge in [-0.3, -0.25) is 4.79 Å². The van der Waals surface area contributed by atoms with Gasteiger partial charge in [0, 0.05) is 29.3 Å². The van der Waals surface area contributed by atoms with Crippen molar-refractivity contribution < 1.29 is 50.1 Å². The molecule has 0 spiro atoms. The minimum atomic E-state index is -4.93. The van der Waals surface area contributed by atoms with Crippen molar-refractivity contribution in [2.24, 2.45) is 5.92 Å². The van der Waals surface area contributed by atoms with Crippen molar-refractivity contribution in [3.05, 3.63) is 47.4 Å². The number of esters is 1. The highest BCUT2D eigenvalue weighted by atomic mass is 19.4. The molecule has 36 heavy (non-hydrogen) atoms. The number of aromatic nitrogens is 2. The molecule has 196 valence electrons. The van der Waals surface area contributed by atoms with Crippen LogP contribution in [0.5, 0.6) is 5.88 Å². The number of anilines is 1. The Labute approximate surface area is 201 Å². The predicted molar refractivity (Wildman–Crippen MR) is 111 cm³/mol. The zero-order valence-corrected chi connectivity index (χ0v) is 19.3. The molecule has 0 radical (unpaired) electrons. The molecule has 2 aromatic rings.